The number of imide groups is 1. The predicted molar refractivity (Wildman–Crippen MR) is 268 cm³/mol. The summed E-state index contributed by atoms with van der Waals surface area (Å²) in [5.74, 6) is -0.340. The van der Waals surface area contributed by atoms with Crippen LogP contribution < -0.4 is 4.90 Å². The fraction of sp³-hybridized carbons (Fsp3) is 0.544. The summed E-state index contributed by atoms with van der Waals surface area (Å²) >= 11 is 0. The van der Waals surface area contributed by atoms with E-state index >= 15 is 0 Å². The second kappa shape index (κ2) is 19.3. The Bertz CT molecular complexity index is 2730. The van der Waals surface area contributed by atoms with E-state index in [1.165, 1.54) is 101 Å². The first-order chi connectivity index (χ1) is 31.9. The van der Waals surface area contributed by atoms with Gasteiger partial charge in [-0.15, -0.1) is 0 Å². The van der Waals surface area contributed by atoms with E-state index in [0.29, 0.717) is 35.3 Å². The van der Waals surface area contributed by atoms with Gasteiger partial charge in [0, 0.05) is 88.5 Å². The van der Waals surface area contributed by atoms with Crippen LogP contribution in [0, 0.1) is 0 Å². The molecule has 11 rings (SSSR count). The van der Waals surface area contributed by atoms with Gasteiger partial charge < -0.3 is 14.7 Å². The van der Waals surface area contributed by atoms with E-state index < -0.39 is 0 Å². The van der Waals surface area contributed by atoms with E-state index in [9.17, 15) is 19.2 Å². The SMILES string of the molecule is CCCCCCCCCc1cc2cc3c4c(ccc5c6c(N7CCCCC7)cc7c8c(cc1c(c86)c2c45)C(=O)CCC7=O)C(=O)N(CCN1CCCCC1)C3=O.CCCN1CCCCC1. The van der Waals surface area contributed by atoms with Crippen molar-refractivity contribution in [3.63, 3.8) is 0 Å². The van der Waals surface area contributed by atoms with E-state index in [4.69, 9.17) is 0 Å². The molecule has 3 fully saturated rings. The Morgan fingerprint density at radius 1 is 0.446 bits per heavy atom. The molecule has 0 atom stereocenters. The number of aryl methyl sites for hydroxylation is 1. The summed E-state index contributed by atoms with van der Waals surface area (Å²) in [7, 11) is 0. The topological polar surface area (TPSA) is 81.2 Å². The maximum Gasteiger partial charge on any atom is 0.261 e. The standard InChI is InChI=1S/C49H53N3O4.C8H17N/c1-2-3-4-5-6-7-10-15-30-26-31-27-37-42-33(48(55)52(49(37)56)25-24-50-20-11-8-12-21-50)17-16-32-44-38(51-22-13-9-14-23-51)29-36-40(54)19-18-39(53)35-28-34(30)46(41(31)45(32)42)47(44)43(35)36;1-2-6-9-7-4-3-5-8-9/h16-17,26-29H,2-15,18-25H2,1H3;2-8H2,1H3. The Morgan fingerprint density at radius 3 is 1.71 bits per heavy atom. The normalized spacial score (nSPS) is 18.9. The number of carbonyl (C=O) groups is 4. The molecule has 8 heteroatoms. The van der Waals surface area contributed by atoms with E-state index in [0.717, 1.165) is 131 Å². The molecule has 0 spiro atoms. The summed E-state index contributed by atoms with van der Waals surface area (Å²) in [4.78, 5) is 66.2. The highest BCUT2D eigenvalue weighted by Crippen LogP contribution is 2.53. The molecule has 4 aliphatic heterocycles. The van der Waals surface area contributed by atoms with Gasteiger partial charge in [-0.25, -0.2) is 0 Å². The lowest BCUT2D eigenvalue weighted by molar-refractivity contribution is 0.0587. The van der Waals surface area contributed by atoms with Crippen molar-refractivity contribution in [3.8, 4) is 0 Å². The minimum absolute atomic E-state index is 0.0358. The van der Waals surface area contributed by atoms with Gasteiger partial charge in [0.2, 0.25) is 0 Å². The average Bonchev–Trinajstić information content (AvgIpc) is 3.46. The monoisotopic (exact) mass is 875 g/mol. The van der Waals surface area contributed by atoms with Crippen LogP contribution in [-0.2, 0) is 6.42 Å². The number of hydrogen-bond donors (Lipinski definition) is 0. The molecule has 0 saturated carbocycles. The first-order valence-corrected chi connectivity index (χ1v) is 26.0. The number of rotatable bonds is 14. The Kier molecular flexibility index (Phi) is 13.1. The van der Waals surface area contributed by atoms with Crippen LogP contribution in [0.1, 0.15) is 183 Å². The third-order valence-electron chi connectivity index (χ3n) is 15.8. The third-order valence-corrected chi connectivity index (χ3v) is 15.8. The van der Waals surface area contributed by atoms with Crippen LogP contribution in [-0.4, -0.2) is 97.0 Å². The highest BCUT2D eigenvalue weighted by atomic mass is 16.2. The third kappa shape index (κ3) is 8.19. The summed E-state index contributed by atoms with van der Waals surface area (Å²) in [5, 5.41) is 9.81. The second-order valence-electron chi connectivity index (χ2n) is 20.2. The number of piperidine rings is 3. The van der Waals surface area contributed by atoms with Gasteiger partial charge in [0.1, 0.15) is 0 Å². The maximum atomic E-state index is 14.7. The Hall–Kier alpha value is -4.66. The number of anilines is 1. The smallest absolute Gasteiger partial charge is 0.261 e. The van der Waals surface area contributed by atoms with Crippen LogP contribution in [0.5, 0.6) is 0 Å². The molecule has 0 unspecified atom stereocenters. The Labute approximate surface area is 385 Å². The molecule has 2 amide bonds. The molecule has 0 radical (unpaired) electrons. The van der Waals surface area contributed by atoms with Crippen molar-refractivity contribution in [1.82, 2.24) is 14.7 Å². The molecule has 6 aromatic rings. The second-order valence-corrected chi connectivity index (χ2v) is 20.2. The van der Waals surface area contributed by atoms with E-state index in [1.54, 1.807) is 0 Å². The van der Waals surface area contributed by atoms with Gasteiger partial charge in [0.15, 0.2) is 11.6 Å². The van der Waals surface area contributed by atoms with Crippen LogP contribution in [0.3, 0.4) is 0 Å². The van der Waals surface area contributed by atoms with Crippen molar-refractivity contribution in [2.24, 2.45) is 0 Å². The van der Waals surface area contributed by atoms with Gasteiger partial charge >= 0.3 is 0 Å². The van der Waals surface area contributed by atoms with Crippen LogP contribution in [0.15, 0.2) is 36.4 Å². The number of amides is 2. The number of unbranched alkanes of at least 4 members (excludes halogenated alkanes) is 6. The van der Waals surface area contributed by atoms with Gasteiger partial charge in [0.25, 0.3) is 11.8 Å². The molecule has 5 aliphatic rings. The molecule has 342 valence electrons. The zero-order chi connectivity index (χ0) is 44.6. The van der Waals surface area contributed by atoms with Gasteiger partial charge in [-0.3, -0.25) is 24.1 Å². The molecular formula is C57H70N4O4. The van der Waals surface area contributed by atoms with Gasteiger partial charge in [0.05, 0.1) is 0 Å². The molecule has 4 heterocycles. The lowest BCUT2D eigenvalue weighted by Gasteiger charge is -2.34. The number of ketones is 2. The Morgan fingerprint density at radius 2 is 1.03 bits per heavy atom. The Balaban J connectivity index is 0.000000497. The van der Waals surface area contributed by atoms with Crippen molar-refractivity contribution < 1.29 is 19.2 Å². The lowest BCUT2D eigenvalue weighted by Crippen LogP contribution is -2.45. The maximum absolute atomic E-state index is 14.7. The number of carbonyl (C=O) groups excluding carboxylic acids is 4. The number of likely N-dealkylation sites (tertiary alicyclic amines) is 2. The minimum atomic E-state index is -0.211. The first kappa shape index (κ1) is 44.2. The molecule has 65 heavy (non-hydrogen) atoms. The lowest BCUT2D eigenvalue weighted by atomic mass is 9.78. The van der Waals surface area contributed by atoms with E-state index in [1.807, 2.05) is 6.07 Å². The fourth-order valence-electron chi connectivity index (χ4n) is 12.5. The largest absolute Gasteiger partial charge is 0.371 e. The highest BCUT2D eigenvalue weighted by Gasteiger charge is 2.37. The minimum Gasteiger partial charge on any atom is -0.371 e. The first-order valence-electron chi connectivity index (χ1n) is 26.0. The zero-order valence-electron chi connectivity index (χ0n) is 39.4. The summed E-state index contributed by atoms with van der Waals surface area (Å²) in [6.07, 6.45) is 22.3. The number of hydrogen-bond acceptors (Lipinski definition) is 7. The predicted octanol–water partition coefficient (Wildman–Crippen LogP) is 12.7. The molecular weight excluding hydrogens is 805 g/mol. The summed E-state index contributed by atoms with van der Waals surface area (Å²) in [5.41, 5.74) is 4.78. The fourth-order valence-corrected chi connectivity index (χ4v) is 12.5. The molecule has 3 saturated heterocycles. The van der Waals surface area contributed by atoms with Crippen LogP contribution in [0.4, 0.5) is 5.69 Å². The van der Waals surface area contributed by atoms with Crippen molar-refractivity contribution in [1.29, 1.82) is 0 Å². The van der Waals surface area contributed by atoms with E-state index in [2.05, 4.69) is 58.9 Å². The number of fused-ring (bicyclic) bond motifs is 1. The average molecular weight is 875 g/mol. The van der Waals surface area contributed by atoms with Crippen molar-refractivity contribution in [2.45, 2.75) is 142 Å². The summed E-state index contributed by atoms with van der Waals surface area (Å²) in [6.45, 7) is 13.4. The molecule has 6 aromatic carbocycles. The quantitative estimate of drug-likeness (QED) is 0.0467. The number of Topliss-reactive ketones (excluding diaryl/α,β-unsaturated/α-hetero) is 2. The van der Waals surface area contributed by atoms with Gasteiger partial charge in [-0.1, -0.05) is 77.3 Å². The molecule has 1 aliphatic carbocycles. The van der Waals surface area contributed by atoms with Gasteiger partial charge in [-0.05, 0) is 159 Å². The van der Waals surface area contributed by atoms with Gasteiger partial charge in [-0.2, -0.15) is 0 Å². The van der Waals surface area contributed by atoms with Crippen molar-refractivity contribution in [2.75, 3.05) is 63.8 Å². The highest BCUT2D eigenvalue weighted by molar-refractivity contribution is 6.47. The summed E-state index contributed by atoms with van der Waals surface area (Å²) in [6, 6.07) is 12.6. The number of nitrogens with zero attached hydrogens (tertiary/aromatic N) is 4. The van der Waals surface area contributed by atoms with Crippen molar-refractivity contribution in [3.05, 3.63) is 64.2 Å². The molecule has 8 nitrogen and oxygen atoms in total. The molecule has 0 aromatic heterocycles. The summed E-state index contributed by atoms with van der Waals surface area (Å²) < 4.78 is 0. The molecule has 0 bridgehead atoms. The van der Waals surface area contributed by atoms with Crippen LogP contribution >= 0.6 is 0 Å². The zero-order valence-corrected chi connectivity index (χ0v) is 39.4. The number of benzene rings is 6. The van der Waals surface area contributed by atoms with Crippen molar-refractivity contribution >= 4 is 82.9 Å². The van der Waals surface area contributed by atoms with E-state index in [-0.39, 0.29) is 36.2 Å². The molecule has 0 N–H and O–H groups in total. The van der Waals surface area contributed by atoms with Crippen LogP contribution in [0.25, 0.3) is 53.9 Å². The van der Waals surface area contributed by atoms with Crippen LogP contribution in [0.2, 0.25) is 0 Å².